The molecule has 2 aromatic carbocycles. The van der Waals surface area contributed by atoms with Crippen LogP contribution in [0.5, 0.6) is 0 Å². The molecule has 166 valence electrons. The number of benzene rings is 2. The largest absolute Gasteiger partial charge is 0.465 e. The van der Waals surface area contributed by atoms with Crippen molar-refractivity contribution in [2.24, 2.45) is 4.99 Å². The quantitative estimate of drug-likeness (QED) is 0.229. The van der Waals surface area contributed by atoms with E-state index in [1.165, 1.54) is 35.9 Å². The average Bonchev–Trinajstić information content (AvgIpc) is 3.39. The Morgan fingerprint density at radius 3 is 2.73 bits per heavy atom. The first-order valence-electron chi connectivity index (χ1n) is 9.65. The lowest BCUT2D eigenvalue weighted by atomic mass is 10.1. The first-order valence-corrected chi connectivity index (χ1v) is 10.5. The molecule has 0 spiro atoms. The number of nitro groups is 1. The summed E-state index contributed by atoms with van der Waals surface area (Å²) >= 11 is 1.17. The van der Waals surface area contributed by atoms with Crippen LogP contribution in [0.3, 0.4) is 0 Å². The normalized spacial score (nSPS) is 15.9. The maximum atomic E-state index is 12.7. The molecule has 10 heteroatoms. The molecule has 1 aromatic heterocycles. The molecule has 1 saturated heterocycles. The summed E-state index contributed by atoms with van der Waals surface area (Å²) in [7, 11) is 2.91. The maximum Gasteiger partial charge on any atom is 0.337 e. The van der Waals surface area contributed by atoms with Crippen molar-refractivity contribution in [2.75, 3.05) is 14.2 Å². The molecule has 0 N–H and O–H groups in total. The fourth-order valence-corrected chi connectivity index (χ4v) is 4.04. The fraction of sp³-hybridized carbons (Fsp3) is 0.0870. The Balaban J connectivity index is 1.58. The zero-order chi connectivity index (χ0) is 23.5. The van der Waals surface area contributed by atoms with Gasteiger partial charge in [-0.2, -0.15) is 0 Å². The molecular formula is C23H17N3O6S. The molecule has 1 aliphatic rings. The van der Waals surface area contributed by atoms with Crippen molar-refractivity contribution < 1.29 is 23.7 Å². The van der Waals surface area contributed by atoms with E-state index in [-0.39, 0.29) is 11.6 Å². The average molecular weight is 463 g/mol. The number of amides is 1. The monoisotopic (exact) mass is 463 g/mol. The number of hydrogen-bond donors (Lipinski definition) is 0. The summed E-state index contributed by atoms with van der Waals surface area (Å²) in [5.41, 5.74) is 1.39. The first-order chi connectivity index (χ1) is 15.9. The number of non-ortho nitro benzene ring substituents is 1. The molecular weight excluding hydrogens is 446 g/mol. The van der Waals surface area contributed by atoms with Crippen LogP contribution in [0.15, 0.2) is 75.0 Å². The number of rotatable bonds is 5. The van der Waals surface area contributed by atoms with Gasteiger partial charge in [0.05, 0.1) is 28.2 Å². The molecule has 0 atom stereocenters. The standard InChI is InChI=1S/C23H17N3O6S/c1-25-21(27)20(33-23(25)24-16-7-3-6-15(11-16)22(28)31-2)13-18-9-10-19(32-18)14-5-4-8-17(12-14)26(29)30/h3-13H,1-2H3. The van der Waals surface area contributed by atoms with Crippen LogP contribution in [0.4, 0.5) is 11.4 Å². The van der Waals surface area contributed by atoms with Gasteiger partial charge in [-0.3, -0.25) is 19.8 Å². The smallest absolute Gasteiger partial charge is 0.337 e. The maximum absolute atomic E-state index is 12.7. The molecule has 1 aliphatic heterocycles. The Morgan fingerprint density at radius 1 is 1.18 bits per heavy atom. The summed E-state index contributed by atoms with van der Waals surface area (Å²) < 4.78 is 10.5. The second-order valence-electron chi connectivity index (χ2n) is 6.92. The van der Waals surface area contributed by atoms with Crippen LogP contribution in [-0.2, 0) is 9.53 Å². The number of likely N-dealkylation sites (N-methyl/N-ethyl adjacent to an activating group) is 1. The predicted molar refractivity (Wildman–Crippen MR) is 124 cm³/mol. The molecule has 9 nitrogen and oxygen atoms in total. The lowest BCUT2D eigenvalue weighted by Gasteiger charge is -2.07. The first kappa shape index (κ1) is 22.0. The molecule has 1 amide bonds. The third-order valence-electron chi connectivity index (χ3n) is 4.74. The van der Waals surface area contributed by atoms with Gasteiger partial charge in [0.1, 0.15) is 11.5 Å². The van der Waals surface area contributed by atoms with Crippen molar-refractivity contribution in [3.05, 3.63) is 87.0 Å². The van der Waals surface area contributed by atoms with Gasteiger partial charge in [-0.05, 0) is 42.1 Å². The number of aliphatic imine (C=N–C) groups is 1. The number of amidine groups is 1. The second kappa shape index (κ2) is 9.13. The number of ether oxygens (including phenoxy) is 1. The zero-order valence-corrected chi connectivity index (χ0v) is 18.4. The van der Waals surface area contributed by atoms with Crippen LogP contribution in [0.2, 0.25) is 0 Å². The lowest BCUT2D eigenvalue weighted by Crippen LogP contribution is -2.23. The molecule has 2 heterocycles. The lowest BCUT2D eigenvalue weighted by molar-refractivity contribution is -0.384. The van der Waals surface area contributed by atoms with Crippen LogP contribution >= 0.6 is 11.8 Å². The molecule has 3 aromatic rings. The number of methoxy groups -OCH3 is 1. The topological polar surface area (TPSA) is 115 Å². The Morgan fingerprint density at radius 2 is 1.97 bits per heavy atom. The summed E-state index contributed by atoms with van der Waals surface area (Å²) in [6.07, 6.45) is 1.59. The SMILES string of the molecule is COC(=O)c1cccc(N=C2SC(=Cc3ccc(-c4cccc([N+](=O)[O-])c4)o3)C(=O)N2C)c1. The fourth-order valence-electron chi connectivity index (χ4n) is 3.07. The number of thioether (sulfide) groups is 1. The number of esters is 1. The van der Waals surface area contributed by atoms with Gasteiger partial charge in [-0.15, -0.1) is 0 Å². The van der Waals surface area contributed by atoms with Crippen LogP contribution in [0, 0.1) is 10.1 Å². The van der Waals surface area contributed by atoms with E-state index in [9.17, 15) is 19.7 Å². The summed E-state index contributed by atoms with van der Waals surface area (Å²) in [4.78, 5) is 41.3. The van der Waals surface area contributed by atoms with Gasteiger partial charge in [0, 0.05) is 30.8 Å². The second-order valence-corrected chi connectivity index (χ2v) is 7.93. The molecule has 33 heavy (non-hydrogen) atoms. The van der Waals surface area contributed by atoms with Crippen LogP contribution in [0.25, 0.3) is 17.4 Å². The van der Waals surface area contributed by atoms with Gasteiger partial charge >= 0.3 is 5.97 Å². The Kier molecular flexibility index (Phi) is 6.09. The van der Waals surface area contributed by atoms with E-state index >= 15 is 0 Å². The predicted octanol–water partition coefficient (Wildman–Crippen LogP) is 4.88. The van der Waals surface area contributed by atoms with E-state index in [1.807, 2.05) is 0 Å². The van der Waals surface area contributed by atoms with Crippen molar-refractivity contribution in [1.29, 1.82) is 0 Å². The van der Waals surface area contributed by atoms with Gasteiger partial charge in [0.15, 0.2) is 5.17 Å². The van der Waals surface area contributed by atoms with E-state index in [1.54, 1.807) is 61.7 Å². The van der Waals surface area contributed by atoms with Gasteiger partial charge in [0.2, 0.25) is 0 Å². The summed E-state index contributed by atoms with van der Waals surface area (Å²) in [6.45, 7) is 0. The van der Waals surface area contributed by atoms with E-state index in [2.05, 4.69) is 4.99 Å². The van der Waals surface area contributed by atoms with Gasteiger partial charge in [-0.25, -0.2) is 9.79 Å². The molecule has 0 aliphatic carbocycles. The highest BCUT2D eigenvalue weighted by Gasteiger charge is 2.30. The van der Waals surface area contributed by atoms with Crippen LogP contribution in [-0.4, -0.2) is 41.0 Å². The van der Waals surface area contributed by atoms with Gasteiger partial charge < -0.3 is 9.15 Å². The number of furan rings is 1. The Labute approximate surface area is 192 Å². The minimum atomic E-state index is -0.474. The highest BCUT2D eigenvalue weighted by atomic mass is 32.2. The van der Waals surface area contributed by atoms with Gasteiger partial charge in [0.25, 0.3) is 11.6 Å². The van der Waals surface area contributed by atoms with Crippen molar-refractivity contribution in [3.63, 3.8) is 0 Å². The third kappa shape index (κ3) is 4.70. The number of nitro benzene ring substituents is 1. The Hall–Kier alpha value is -4.18. The number of hydrogen-bond acceptors (Lipinski definition) is 8. The zero-order valence-electron chi connectivity index (χ0n) is 17.6. The van der Waals surface area contributed by atoms with Crippen LogP contribution < -0.4 is 0 Å². The number of carbonyl (C=O) groups excluding carboxylic acids is 2. The van der Waals surface area contributed by atoms with E-state index in [0.29, 0.717) is 38.4 Å². The molecule has 0 bridgehead atoms. The molecule has 1 fully saturated rings. The van der Waals surface area contributed by atoms with E-state index in [0.717, 1.165) is 0 Å². The molecule has 0 unspecified atom stereocenters. The highest BCUT2D eigenvalue weighted by Crippen LogP contribution is 2.34. The molecule has 0 saturated carbocycles. The van der Waals surface area contributed by atoms with Crippen molar-refractivity contribution in [1.82, 2.24) is 4.90 Å². The summed E-state index contributed by atoms with van der Waals surface area (Å²) in [6, 6.07) is 16.1. The minimum Gasteiger partial charge on any atom is -0.465 e. The minimum absolute atomic E-state index is 0.0379. The van der Waals surface area contributed by atoms with Crippen molar-refractivity contribution in [2.45, 2.75) is 0 Å². The van der Waals surface area contributed by atoms with Gasteiger partial charge in [-0.1, -0.05) is 18.2 Å². The van der Waals surface area contributed by atoms with Crippen molar-refractivity contribution in [3.8, 4) is 11.3 Å². The molecule has 4 rings (SSSR count). The highest BCUT2D eigenvalue weighted by molar-refractivity contribution is 8.18. The van der Waals surface area contributed by atoms with Crippen molar-refractivity contribution >= 4 is 46.3 Å². The molecule has 0 radical (unpaired) electrons. The number of carbonyl (C=O) groups is 2. The Bertz CT molecular complexity index is 1330. The van der Waals surface area contributed by atoms with Crippen LogP contribution in [0.1, 0.15) is 16.1 Å². The third-order valence-corrected chi connectivity index (χ3v) is 5.80. The summed E-state index contributed by atoms with van der Waals surface area (Å²) in [5, 5.41) is 11.4. The number of nitrogens with zero attached hydrogens (tertiary/aromatic N) is 3. The van der Waals surface area contributed by atoms with E-state index < -0.39 is 10.9 Å². The van der Waals surface area contributed by atoms with E-state index in [4.69, 9.17) is 9.15 Å². The summed E-state index contributed by atoms with van der Waals surface area (Å²) in [5.74, 6) is 0.146.